The minimum Gasteiger partial charge on any atom is -0.295 e. The number of hydrogen-bond donors (Lipinski definition) is 0. The maximum absolute atomic E-state index is 11.5. The van der Waals surface area contributed by atoms with Crippen molar-refractivity contribution < 1.29 is 9.21 Å². The summed E-state index contributed by atoms with van der Waals surface area (Å²) in [4.78, 5) is 11.5. The van der Waals surface area contributed by atoms with Gasteiger partial charge in [0, 0.05) is 12.0 Å². The van der Waals surface area contributed by atoms with Crippen molar-refractivity contribution in [3.8, 4) is 22.5 Å². The van der Waals surface area contributed by atoms with Crippen LogP contribution in [0.4, 0.5) is 0 Å². The molecule has 0 saturated carbocycles. The molecule has 2 aromatic carbocycles. The van der Waals surface area contributed by atoms with E-state index in [9.17, 15) is 4.79 Å². The highest BCUT2D eigenvalue weighted by atomic mass is 16.3. The molecular weight excluding hydrogens is 308 g/mol. The molecule has 0 atom stereocenters. The van der Waals surface area contributed by atoms with Crippen molar-refractivity contribution in [2.45, 2.75) is 6.42 Å². The van der Waals surface area contributed by atoms with E-state index in [4.69, 9.17) is 4.42 Å². The zero-order valence-corrected chi connectivity index (χ0v) is 13.7. The first-order valence-electron chi connectivity index (χ1n) is 8.30. The van der Waals surface area contributed by atoms with E-state index in [1.165, 1.54) is 0 Å². The number of ketones is 1. The van der Waals surface area contributed by atoms with Crippen LogP contribution < -0.4 is 0 Å². The lowest BCUT2D eigenvalue weighted by Crippen LogP contribution is -1.97. The van der Waals surface area contributed by atoms with Crippen molar-refractivity contribution in [2.75, 3.05) is 0 Å². The quantitative estimate of drug-likeness (QED) is 0.569. The molecule has 0 saturated heterocycles. The van der Waals surface area contributed by atoms with Crippen LogP contribution in [0.15, 0.2) is 95.4 Å². The summed E-state index contributed by atoms with van der Waals surface area (Å²) in [7, 11) is 0. The van der Waals surface area contributed by atoms with Crippen LogP contribution in [0.5, 0.6) is 0 Å². The van der Waals surface area contributed by atoms with E-state index < -0.39 is 0 Å². The SMILES string of the molecule is O=C1C=CC(c2cc(-c3ccccc3)cc(-c3ccccc3)[o+]2)=CC1. The molecule has 0 unspecified atom stereocenters. The van der Waals surface area contributed by atoms with Crippen molar-refractivity contribution in [1.82, 2.24) is 0 Å². The van der Waals surface area contributed by atoms with Gasteiger partial charge in [0.2, 0.25) is 0 Å². The molecule has 120 valence electrons. The van der Waals surface area contributed by atoms with E-state index in [0.29, 0.717) is 6.42 Å². The fourth-order valence-electron chi connectivity index (χ4n) is 2.90. The Kier molecular flexibility index (Phi) is 4.09. The van der Waals surface area contributed by atoms with Crippen LogP contribution in [0.3, 0.4) is 0 Å². The molecule has 3 aromatic rings. The highest BCUT2D eigenvalue weighted by Crippen LogP contribution is 2.32. The van der Waals surface area contributed by atoms with Gasteiger partial charge in [0.1, 0.15) is 0 Å². The lowest BCUT2D eigenvalue weighted by atomic mass is 9.99. The Hall–Kier alpha value is -3.26. The van der Waals surface area contributed by atoms with Crippen LogP contribution in [0.1, 0.15) is 12.2 Å². The average Bonchev–Trinajstić information content (AvgIpc) is 2.69. The van der Waals surface area contributed by atoms with Gasteiger partial charge in [-0.3, -0.25) is 4.79 Å². The molecule has 1 aliphatic carbocycles. The van der Waals surface area contributed by atoms with Crippen LogP contribution in [0.2, 0.25) is 0 Å². The number of rotatable bonds is 3. The molecule has 0 radical (unpaired) electrons. The Balaban J connectivity index is 1.87. The van der Waals surface area contributed by atoms with Crippen LogP contribution in [-0.4, -0.2) is 5.78 Å². The molecule has 1 heterocycles. The third kappa shape index (κ3) is 3.33. The van der Waals surface area contributed by atoms with Gasteiger partial charge in [0.05, 0.1) is 23.3 Å². The Morgan fingerprint density at radius 1 is 0.680 bits per heavy atom. The van der Waals surface area contributed by atoms with Crippen molar-refractivity contribution in [1.29, 1.82) is 0 Å². The van der Waals surface area contributed by atoms with E-state index >= 15 is 0 Å². The Bertz CT molecular complexity index is 910. The third-order valence-electron chi connectivity index (χ3n) is 4.21. The monoisotopic (exact) mass is 325 g/mol. The van der Waals surface area contributed by atoms with E-state index in [0.717, 1.165) is 33.8 Å². The maximum Gasteiger partial charge on any atom is 0.361 e. The number of carbonyl (C=O) groups excluding carboxylic acids is 1. The zero-order chi connectivity index (χ0) is 17.1. The van der Waals surface area contributed by atoms with Crippen LogP contribution in [0, 0.1) is 0 Å². The Labute approximate surface area is 146 Å². The molecule has 1 aliphatic rings. The van der Waals surface area contributed by atoms with E-state index in [-0.39, 0.29) is 5.78 Å². The molecule has 0 amide bonds. The van der Waals surface area contributed by atoms with Crippen molar-refractivity contribution >= 4 is 11.4 Å². The van der Waals surface area contributed by atoms with Crippen molar-refractivity contribution in [3.05, 3.63) is 96.8 Å². The predicted molar refractivity (Wildman–Crippen MR) is 101 cm³/mol. The minimum absolute atomic E-state index is 0.117. The number of hydrogen-bond acceptors (Lipinski definition) is 1. The second-order valence-corrected chi connectivity index (χ2v) is 5.97. The van der Waals surface area contributed by atoms with Gasteiger partial charge in [-0.2, -0.15) is 0 Å². The summed E-state index contributed by atoms with van der Waals surface area (Å²) in [5.41, 5.74) is 4.19. The molecule has 0 spiro atoms. The van der Waals surface area contributed by atoms with E-state index in [1.807, 2.05) is 66.7 Å². The maximum atomic E-state index is 11.5. The predicted octanol–water partition coefficient (Wildman–Crippen LogP) is 5.81. The highest BCUT2D eigenvalue weighted by molar-refractivity contribution is 5.97. The molecule has 2 heteroatoms. The summed E-state index contributed by atoms with van der Waals surface area (Å²) in [6.45, 7) is 0. The Morgan fingerprint density at radius 2 is 1.32 bits per heavy atom. The first-order chi connectivity index (χ1) is 12.3. The largest absolute Gasteiger partial charge is 0.361 e. The van der Waals surface area contributed by atoms with Crippen LogP contribution >= 0.6 is 0 Å². The highest BCUT2D eigenvalue weighted by Gasteiger charge is 2.22. The summed E-state index contributed by atoms with van der Waals surface area (Å²) in [6.07, 6.45) is 5.78. The molecule has 1 aromatic heterocycles. The summed E-state index contributed by atoms with van der Waals surface area (Å²) in [5.74, 6) is 1.69. The molecule has 0 N–H and O–H groups in total. The summed E-state index contributed by atoms with van der Waals surface area (Å²) < 4.78 is 6.17. The molecule has 0 aliphatic heterocycles. The van der Waals surface area contributed by atoms with Crippen molar-refractivity contribution in [3.63, 3.8) is 0 Å². The van der Waals surface area contributed by atoms with Crippen LogP contribution in [0.25, 0.3) is 28.0 Å². The summed E-state index contributed by atoms with van der Waals surface area (Å²) in [5, 5.41) is 0. The second kappa shape index (κ2) is 6.70. The van der Waals surface area contributed by atoms with Gasteiger partial charge in [-0.05, 0) is 29.8 Å². The number of allylic oxidation sites excluding steroid dienone is 4. The molecule has 25 heavy (non-hydrogen) atoms. The van der Waals surface area contributed by atoms with Gasteiger partial charge in [0.25, 0.3) is 0 Å². The van der Waals surface area contributed by atoms with E-state index in [2.05, 4.69) is 18.2 Å². The number of benzene rings is 2. The van der Waals surface area contributed by atoms with Gasteiger partial charge in [-0.15, -0.1) is 0 Å². The lowest BCUT2D eigenvalue weighted by Gasteiger charge is -2.04. The van der Waals surface area contributed by atoms with Crippen LogP contribution in [-0.2, 0) is 4.79 Å². The second-order valence-electron chi connectivity index (χ2n) is 5.97. The molecule has 4 rings (SSSR count). The number of carbonyl (C=O) groups is 1. The molecule has 2 nitrogen and oxygen atoms in total. The molecule has 0 fully saturated rings. The normalized spacial score (nSPS) is 13.6. The van der Waals surface area contributed by atoms with Crippen molar-refractivity contribution in [2.24, 2.45) is 0 Å². The summed E-state index contributed by atoms with van der Waals surface area (Å²) in [6, 6.07) is 24.4. The standard InChI is InChI=1S/C23H17O2/c24-21-13-11-19(12-14-21)23-16-20(17-7-3-1-4-8-17)15-22(25-23)18-9-5-2-6-10-18/h1-13,15-16H,14H2/q+1. The average molecular weight is 325 g/mol. The van der Waals surface area contributed by atoms with E-state index in [1.54, 1.807) is 6.08 Å². The molecule has 0 bridgehead atoms. The first-order valence-corrected chi connectivity index (χ1v) is 8.30. The zero-order valence-electron chi connectivity index (χ0n) is 13.7. The van der Waals surface area contributed by atoms with Gasteiger partial charge in [-0.25, -0.2) is 4.42 Å². The van der Waals surface area contributed by atoms with Gasteiger partial charge < -0.3 is 0 Å². The third-order valence-corrected chi connectivity index (χ3v) is 4.21. The summed E-state index contributed by atoms with van der Waals surface area (Å²) >= 11 is 0. The smallest absolute Gasteiger partial charge is 0.295 e. The minimum atomic E-state index is 0.117. The van der Waals surface area contributed by atoms with Gasteiger partial charge in [0.15, 0.2) is 5.78 Å². The van der Waals surface area contributed by atoms with Gasteiger partial charge >= 0.3 is 11.5 Å². The lowest BCUT2D eigenvalue weighted by molar-refractivity contribution is -0.113. The fourth-order valence-corrected chi connectivity index (χ4v) is 2.90. The fraction of sp³-hybridized carbons (Fsp3) is 0.0435. The van der Waals surface area contributed by atoms with Gasteiger partial charge in [-0.1, -0.05) is 54.6 Å². The molecular formula is C23H17O2+. The first kappa shape index (κ1) is 15.3. The Morgan fingerprint density at radius 3 is 1.96 bits per heavy atom. The topological polar surface area (TPSA) is 28.4 Å².